The van der Waals surface area contributed by atoms with Gasteiger partial charge in [0.1, 0.15) is 13.2 Å². The minimum atomic E-state index is -3.65. The Kier molecular flexibility index (Phi) is 4.53. The minimum Gasteiger partial charge on any atom is -0.486 e. The predicted octanol–water partition coefficient (Wildman–Crippen LogP) is 2.67. The normalized spacial score (nSPS) is 23.5. The van der Waals surface area contributed by atoms with Crippen molar-refractivity contribution >= 4 is 10.0 Å². The van der Waals surface area contributed by atoms with Gasteiger partial charge in [-0.25, -0.2) is 8.42 Å². The van der Waals surface area contributed by atoms with Gasteiger partial charge in [-0.1, -0.05) is 30.3 Å². The molecule has 0 bridgehead atoms. The first-order valence-electron chi connectivity index (χ1n) is 9.83. The average Bonchev–Trinajstić information content (AvgIpc) is 3.59. The van der Waals surface area contributed by atoms with E-state index in [1.165, 1.54) is 12.8 Å². The molecule has 3 aliphatic rings. The summed E-state index contributed by atoms with van der Waals surface area (Å²) >= 11 is 0. The first kappa shape index (κ1) is 18.0. The Bertz CT molecular complexity index is 960. The zero-order valence-electron chi connectivity index (χ0n) is 15.7. The zero-order valence-corrected chi connectivity index (χ0v) is 16.5. The number of piperazine rings is 1. The molecule has 2 fully saturated rings. The van der Waals surface area contributed by atoms with Crippen molar-refractivity contribution in [2.24, 2.45) is 0 Å². The maximum absolute atomic E-state index is 13.6. The Labute approximate surface area is 165 Å². The number of hydrogen-bond donors (Lipinski definition) is 0. The monoisotopic (exact) mass is 400 g/mol. The third-order valence-corrected chi connectivity index (χ3v) is 7.63. The molecular formula is C21H24N2O4S. The van der Waals surface area contributed by atoms with Gasteiger partial charge in [0.25, 0.3) is 0 Å². The number of fused-ring (bicyclic) bond motifs is 1. The fourth-order valence-electron chi connectivity index (χ4n) is 4.11. The summed E-state index contributed by atoms with van der Waals surface area (Å²) in [5.74, 6) is 1.10. The van der Waals surface area contributed by atoms with Gasteiger partial charge in [-0.05, 0) is 30.5 Å². The average molecular weight is 401 g/mol. The SMILES string of the molecule is O=S(=O)(c1ccc2c(c1)OCCO2)N1CCN(C2CC2)CC1c1ccccc1. The Hall–Kier alpha value is -2.09. The molecule has 1 unspecified atom stereocenters. The van der Waals surface area contributed by atoms with E-state index in [1.807, 2.05) is 30.3 Å². The number of benzene rings is 2. The topological polar surface area (TPSA) is 59.1 Å². The Balaban J connectivity index is 1.50. The molecule has 1 atom stereocenters. The molecular weight excluding hydrogens is 376 g/mol. The molecule has 5 rings (SSSR count). The molecule has 6 nitrogen and oxygen atoms in total. The van der Waals surface area contributed by atoms with E-state index in [0.717, 1.165) is 18.7 Å². The summed E-state index contributed by atoms with van der Waals surface area (Å²) in [4.78, 5) is 2.70. The highest BCUT2D eigenvalue weighted by molar-refractivity contribution is 7.89. The highest BCUT2D eigenvalue weighted by atomic mass is 32.2. The van der Waals surface area contributed by atoms with Crippen LogP contribution in [0.3, 0.4) is 0 Å². The van der Waals surface area contributed by atoms with Gasteiger partial charge < -0.3 is 9.47 Å². The number of nitrogens with zero attached hydrogens (tertiary/aromatic N) is 2. The van der Waals surface area contributed by atoms with Crippen molar-refractivity contribution < 1.29 is 17.9 Å². The van der Waals surface area contributed by atoms with Crippen LogP contribution < -0.4 is 9.47 Å². The van der Waals surface area contributed by atoms with Gasteiger partial charge in [-0.15, -0.1) is 0 Å². The van der Waals surface area contributed by atoms with Crippen LogP contribution in [0.2, 0.25) is 0 Å². The predicted molar refractivity (Wildman–Crippen MR) is 105 cm³/mol. The zero-order chi connectivity index (χ0) is 19.1. The van der Waals surface area contributed by atoms with Crippen molar-refractivity contribution in [2.75, 3.05) is 32.8 Å². The molecule has 2 aromatic rings. The summed E-state index contributed by atoms with van der Waals surface area (Å²) in [6.45, 7) is 2.92. The molecule has 2 heterocycles. The molecule has 148 valence electrons. The lowest BCUT2D eigenvalue weighted by molar-refractivity contribution is 0.128. The highest BCUT2D eigenvalue weighted by Gasteiger charge is 2.41. The van der Waals surface area contributed by atoms with Crippen molar-refractivity contribution in [1.29, 1.82) is 0 Å². The Morgan fingerprint density at radius 1 is 0.893 bits per heavy atom. The Morgan fingerprint density at radius 3 is 2.39 bits per heavy atom. The van der Waals surface area contributed by atoms with E-state index >= 15 is 0 Å². The van der Waals surface area contributed by atoms with Gasteiger partial charge in [-0.2, -0.15) is 4.31 Å². The maximum Gasteiger partial charge on any atom is 0.243 e. The fraction of sp³-hybridized carbons (Fsp3) is 0.429. The van der Waals surface area contributed by atoms with Crippen molar-refractivity contribution in [1.82, 2.24) is 9.21 Å². The van der Waals surface area contributed by atoms with E-state index in [2.05, 4.69) is 4.90 Å². The number of sulfonamides is 1. The fourth-order valence-corrected chi connectivity index (χ4v) is 5.72. The van der Waals surface area contributed by atoms with Gasteiger partial charge in [0.15, 0.2) is 11.5 Å². The van der Waals surface area contributed by atoms with Crippen LogP contribution >= 0.6 is 0 Å². The van der Waals surface area contributed by atoms with Gasteiger partial charge >= 0.3 is 0 Å². The maximum atomic E-state index is 13.6. The van der Waals surface area contributed by atoms with Gasteiger partial charge in [0.2, 0.25) is 10.0 Å². The molecule has 28 heavy (non-hydrogen) atoms. The van der Waals surface area contributed by atoms with E-state index in [1.54, 1.807) is 22.5 Å². The molecule has 0 amide bonds. The molecule has 2 aliphatic heterocycles. The molecule has 1 aliphatic carbocycles. The van der Waals surface area contributed by atoms with Crippen molar-refractivity contribution in [3.8, 4) is 11.5 Å². The van der Waals surface area contributed by atoms with Crippen LogP contribution in [0.15, 0.2) is 53.4 Å². The van der Waals surface area contributed by atoms with E-state index in [9.17, 15) is 8.42 Å². The summed E-state index contributed by atoms with van der Waals surface area (Å²) in [7, 11) is -3.65. The third-order valence-electron chi connectivity index (χ3n) is 5.73. The molecule has 0 radical (unpaired) electrons. The molecule has 0 aromatic heterocycles. The number of ether oxygens (including phenoxy) is 2. The summed E-state index contributed by atoms with van der Waals surface area (Å²) in [5.41, 5.74) is 1.04. The molecule has 0 spiro atoms. The summed E-state index contributed by atoms with van der Waals surface area (Å²) in [5, 5.41) is 0. The largest absolute Gasteiger partial charge is 0.486 e. The minimum absolute atomic E-state index is 0.186. The lowest BCUT2D eigenvalue weighted by atomic mass is 10.0. The van der Waals surface area contributed by atoms with Gasteiger partial charge in [0.05, 0.1) is 10.9 Å². The third kappa shape index (κ3) is 3.27. The molecule has 7 heteroatoms. The van der Waals surface area contributed by atoms with Crippen LogP contribution in [-0.2, 0) is 10.0 Å². The van der Waals surface area contributed by atoms with Crippen LogP contribution in [-0.4, -0.2) is 56.5 Å². The highest BCUT2D eigenvalue weighted by Crippen LogP contribution is 2.38. The smallest absolute Gasteiger partial charge is 0.243 e. The van der Waals surface area contributed by atoms with Gasteiger partial charge in [-0.3, -0.25) is 4.90 Å². The summed E-state index contributed by atoms with van der Waals surface area (Å²) in [6, 6.07) is 15.3. The second-order valence-electron chi connectivity index (χ2n) is 7.57. The van der Waals surface area contributed by atoms with Crippen molar-refractivity contribution in [2.45, 2.75) is 29.8 Å². The molecule has 1 saturated carbocycles. The number of hydrogen-bond acceptors (Lipinski definition) is 5. The molecule has 2 aromatic carbocycles. The lowest BCUT2D eigenvalue weighted by Crippen LogP contribution is -2.51. The van der Waals surface area contributed by atoms with Crippen molar-refractivity contribution in [3.05, 3.63) is 54.1 Å². The standard InChI is InChI=1S/C21H24N2O4S/c24-28(25,18-8-9-20-21(14-18)27-13-12-26-20)23-11-10-22(17-6-7-17)15-19(23)16-4-2-1-3-5-16/h1-5,8-9,14,17,19H,6-7,10-13,15H2. The van der Waals surface area contributed by atoms with E-state index in [0.29, 0.717) is 37.3 Å². The second-order valence-corrected chi connectivity index (χ2v) is 9.46. The van der Waals surface area contributed by atoms with Crippen LogP contribution in [0.4, 0.5) is 0 Å². The van der Waals surface area contributed by atoms with Crippen molar-refractivity contribution in [3.63, 3.8) is 0 Å². The Morgan fingerprint density at radius 2 is 1.64 bits per heavy atom. The molecule has 0 N–H and O–H groups in total. The van der Waals surface area contributed by atoms with Crippen LogP contribution in [0, 0.1) is 0 Å². The first-order chi connectivity index (χ1) is 13.6. The van der Waals surface area contributed by atoms with Gasteiger partial charge in [0, 0.05) is 31.7 Å². The van der Waals surface area contributed by atoms with E-state index < -0.39 is 10.0 Å². The lowest BCUT2D eigenvalue weighted by Gasteiger charge is -2.41. The van der Waals surface area contributed by atoms with E-state index in [4.69, 9.17) is 9.47 Å². The quantitative estimate of drug-likeness (QED) is 0.790. The molecule has 1 saturated heterocycles. The second kappa shape index (κ2) is 7.06. The summed E-state index contributed by atoms with van der Waals surface area (Å²) < 4.78 is 39.9. The van der Waals surface area contributed by atoms with E-state index in [-0.39, 0.29) is 10.9 Å². The van der Waals surface area contributed by atoms with Crippen LogP contribution in [0.5, 0.6) is 11.5 Å². The summed E-state index contributed by atoms with van der Waals surface area (Å²) in [6.07, 6.45) is 2.44. The van der Waals surface area contributed by atoms with Crippen LogP contribution in [0.1, 0.15) is 24.4 Å². The number of rotatable bonds is 4. The van der Waals surface area contributed by atoms with Crippen LogP contribution in [0.25, 0.3) is 0 Å². The first-order valence-corrected chi connectivity index (χ1v) is 11.3.